The second kappa shape index (κ2) is 71.0. The van der Waals surface area contributed by atoms with E-state index in [4.69, 9.17) is 18.5 Å². The van der Waals surface area contributed by atoms with Gasteiger partial charge in [0, 0.05) is 12.8 Å². The maximum Gasteiger partial charge on any atom is 0.306 e. The fraction of sp³-hybridized carbons (Fsp3) is 0.850. The van der Waals surface area contributed by atoms with Crippen LogP contribution in [0.3, 0.4) is 0 Å². The molecular weight excluding hydrogens is 1130 g/mol. The Labute approximate surface area is 559 Å². The van der Waals surface area contributed by atoms with E-state index in [2.05, 4.69) is 74.6 Å². The Hall–Kier alpha value is -2.29. The van der Waals surface area contributed by atoms with Crippen molar-refractivity contribution >= 4 is 19.8 Å². The van der Waals surface area contributed by atoms with Gasteiger partial charge in [0.2, 0.25) is 0 Å². The number of quaternary nitrogens is 1. The van der Waals surface area contributed by atoms with Gasteiger partial charge in [-0.25, -0.2) is 0 Å². The van der Waals surface area contributed by atoms with E-state index < -0.39 is 26.5 Å². The SMILES string of the molecule is CC/C=C\C/C=C\C/C=C\C/C=C\CCCCCCCCCCCCCCCCCCC(=O)OC(COC(=O)CCCCCCCCCCCCCCCCCCCCCCCCCCC/C=C\CCCCCCCCCC)COP(=O)([O-])OCC[N+](C)(C)C. The highest BCUT2D eigenvalue weighted by Crippen LogP contribution is 2.38. The van der Waals surface area contributed by atoms with Crippen LogP contribution in [0.1, 0.15) is 386 Å². The maximum absolute atomic E-state index is 12.9. The van der Waals surface area contributed by atoms with Crippen molar-refractivity contribution in [1.29, 1.82) is 0 Å². The summed E-state index contributed by atoms with van der Waals surface area (Å²) in [7, 11) is 1.18. The summed E-state index contributed by atoms with van der Waals surface area (Å²) in [5.74, 6) is -0.813. The van der Waals surface area contributed by atoms with Gasteiger partial charge >= 0.3 is 11.9 Å². The van der Waals surface area contributed by atoms with Crippen LogP contribution in [0.15, 0.2) is 60.8 Å². The third kappa shape index (κ3) is 74.7. The Kier molecular flexibility index (Phi) is 69.2. The highest BCUT2D eigenvalue weighted by atomic mass is 31.2. The second-order valence-corrected chi connectivity index (χ2v) is 29.1. The van der Waals surface area contributed by atoms with Gasteiger partial charge in [0.05, 0.1) is 27.7 Å². The van der Waals surface area contributed by atoms with Gasteiger partial charge in [-0.05, 0) is 77.0 Å². The molecule has 0 bridgehead atoms. The van der Waals surface area contributed by atoms with Crippen LogP contribution in [0.5, 0.6) is 0 Å². The number of allylic oxidation sites excluding steroid dienone is 10. The fourth-order valence-electron chi connectivity index (χ4n) is 11.6. The predicted octanol–water partition coefficient (Wildman–Crippen LogP) is 25.1. The van der Waals surface area contributed by atoms with E-state index in [0.717, 1.165) is 64.2 Å². The molecule has 0 fully saturated rings. The molecule has 0 rings (SSSR count). The summed E-state index contributed by atoms with van der Waals surface area (Å²) in [4.78, 5) is 38.1. The molecule has 0 aromatic rings. The molecule has 0 saturated heterocycles. The van der Waals surface area contributed by atoms with E-state index in [1.807, 2.05) is 21.1 Å². The maximum atomic E-state index is 12.9. The normalized spacial score (nSPS) is 13.4. The van der Waals surface area contributed by atoms with Crippen molar-refractivity contribution in [3.63, 3.8) is 0 Å². The average Bonchev–Trinajstić information content (AvgIpc) is 3.58. The minimum Gasteiger partial charge on any atom is -0.756 e. The van der Waals surface area contributed by atoms with Crippen LogP contribution >= 0.6 is 7.82 Å². The molecule has 0 aromatic carbocycles. The molecule has 528 valence electrons. The van der Waals surface area contributed by atoms with E-state index in [1.165, 1.54) is 289 Å². The number of rotatable bonds is 73. The minimum absolute atomic E-state index is 0.0294. The predicted molar refractivity (Wildman–Crippen MR) is 388 cm³/mol. The number of hydrogen-bond acceptors (Lipinski definition) is 8. The van der Waals surface area contributed by atoms with Crippen LogP contribution in [0.4, 0.5) is 0 Å². The summed E-state index contributed by atoms with van der Waals surface area (Å²) in [5, 5.41) is 0. The quantitative estimate of drug-likeness (QED) is 0.0195. The van der Waals surface area contributed by atoms with Crippen molar-refractivity contribution in [2.75, 3.05) is 47.5 Å². The number of carbonyl (C=O) groups is 2. The van der Waals surface area contributed by atoms with Crippen molar-refractivity contribution in [3.8, 4) is 0 Å². The van der Waals surface area contributed by atoms with Crippen molar-refractivity contribution in [3.05, 3.63) is 60.8 Å². The van der Waals surface area contributed by atoms with Crippen LogP contribution in [-0.2, 0) is 32.7 Å². The van der Waals surface area contributed by atoms with Crippen molar-refractivity contribution in [1.82, 2.24) is 0 Å². The molecule has 90 heavy (non-hydrogen) atoms. The van der Waals surface area contributed by atoms with E-state index in [0.29, 0.717) is 17.4 Å². The molecule has 0 aliphatic heterocycles. The van der Waals surface area contributed by atoms with Crippen LogP contribution < -0.4 is 4.89 Å². The van der Waals surface area contributed by atoms with Crippen molar-refractivity contribution in [2.45, 2.75) is 392 Å². The zero-order chi connectivity index (χ0) is 65.5. The lowest BCUT2D eigenvalue weighted by molar-refractivity contribution is -0.870. The number of likely N-dealkylation sites (N-methyl/N-ethyl adjacent to an activating group) is 1. The third-order valence-corrected chi connectivity index (χ3v) is 18.5. The zero-order valence-corrected chi connectivity index (χ0v) is 61.2. The Bertz CT molecular complexity index is 1700. The molecule has 0 saturated carbocycles. The summed E-state index contributed by atoms with van der Waals surface area (Å²) in [6.07, 6.45) is 94.9. The number of hydrogen-bond donors (Lipinski definition) is 0. The largest absolute Gasteiger partial charge is 0.756 e. The summed E-state index contributed by atoms with van der Waals surface area (Å²) >= 11 is 0. The molecule has 10 heteroatoms. The number of phosphoric ester groups is 1. The van der Waals surface area contributed by atoms with Gasteiger partial charge in [-0.1, -0.05) is 357 Å². The summed E-state index contributed by atoms with van der Waals surface area (Å²) in [6.45, 7) is 4.19. The molecule has 2 unspecified atom stereocenters. The second-order valence-electron chi connectivity index (χ2n) is 27.7. The molecule has 0 aliphatic carbocycles. The first kappa shape index (κ1) is 87.7. The highest BCUT2D eigenvalue weighted by molar-refractivity contribution is 7.45. The van der Waals surface area contributed by atoms with Gasteiger partial charge in [-0.3, -0.25) is 14.2 Å². The minimum atomic E-state index is -4.64. The van der Waals surface area contributed by atoms with Gasteiger partial charge in [-0.15, -0.1) is 0 Å². The Morgan fingerprint density at radius 2 is 0.633 bits per heavy atom. The van der Waals surface area contributed by atoms with Crippen LogP contribution in [0, 0.1) is 0 Å². The van der Waals surface area contributed by atoms with Gasteiger partial charge in [0.15, 0.2) is 6.10 Å². The van der Waals surface area contributed by atoms with E-state index in [1.54, 1.807) is 0 Å². The fourth-order valence-corrected chi connectivity index (χ4v) is 12.3. The molecule has 0 aromatic heterocycles. The van der Waals surface area contributed by atoms with Crippen molar-refractivity contribution < 1.29 is 42.1 Å². The Balaban J connectivity index is 3.92. The number of ether oxygens (including phenoxy) is 2. The lowest BCUT2D eigenvalue weighted by atomic mass is 10.0. The molecule has 0 spiro atoms. The number of phosphoric acid groups is 1. The molecule has 0 aliphatic rings. The number of unbranched alkanes of at least 4 members (excludes halogenated alkanes) is 49. The number of nitrogens with zero attached hydrogens (tertiary/aromatic N) is 1. The summed E-state index contributed by atoms with van der Waals surface area (Å²) < 4.78 is 34.4. The molecule has 0 heterocycles. The number of carbonyl (C=O) groups excluding carboxylic acids is 2. The highest BCUT2D eigenvalue weighted by Gasteiger charge is 2.22. The Morgan fingerprint density at radius 3 is 0.956 bits per heavy atom. The van der Waals surface area contributed by atoms with Gasteiger partial charge in [0.25, 0.3) is 7.82 Å². The van der Waals surface area contributed by atoms with Crippen molar-refractivity contribution in [2.24, 2.45) is 0 Å². The lowest BCUT2D eigenvalue weighted by Gasteiger charge is -2.28. The van der Waals surface area contributed by atoms with Crippen LogP contribution in [-0.4, -0.2) is 70.0 Å². The summed E-state index contributed by atoms with van der Waals surface area (Å²) in [6, 6.07) is 0. The molecular formula is C80H150NO8P. The first-order valence-corrected chi connectivity index (χ1v) is 40.5. The third-order valence-electron chi connectivity index (χ3n) is 17.5. The van der Waals surface area contributed by atoms with E-state index in [-0.39, 0.29) is 32.0 Å². The lowest BCUT2D eigenvalue weighted by Crippen LogP contribution is -2.37. The molecule has 9 nitrogen and oxygen atoms in total. The molecule has 0 amide bonds. The smallest absolute Gasteiger partial charge is 0.306 e. The molecule has 2 atom stereocenters. The van der Waals surface area contributed by atoms with Gasteiger partial charge in [-0.2, -0.15) is 0 Å². The van der Waals surface area contributed by atoms with E-state index >= 15 is 0 Å². The zero-order valence-electron chi connectivity index (χ0n) is 60.4. The first-order chi connectivity index (χ1) is 44.0. The standard InChI is InChI=1S/C80H150NO8P/c1-6-8-10-12-14-16-18-20-22-24-26-28-30-32-34-36-37-38-39-40-41-42-43-45-46-48-50-52-54-56-58-60-62-64-66-68-70-72-79(82)86-76-78(77-88-90(84,85)87-75-74-81(3,4)5)89-80(83)73-71-69-67-65-63-61-59-57-55-53-51-49-47-44-35-33-31-29-27-25-23-21-19-17-15-13-11-9-7-2/h9,11,15,17,21,23-24,26-27,29,78H,6-8,10,12-14,16,18-20,22,25,28,30-77H2,1-5H3/b11-9-,17-15-,23-21-,26-24-,29-27-. The topological polar surface area (TPSA) is 111 Å². The van der Waals surface area contributed by atoms with E-state index in [9.17, 15) is 19.0 Å². The average molecular weight is 1290 g/mol. The number of esters is 2. The monoisotopic (exact) mass is 1280 g/mol. The molecule has 0 N–H and O–H groups in total. The van der Waals surface area contributed by atoms with Crippen LogP contribution in [0.2, 0.25) is 0 Å². The van der Waals surface area contributed by atoms with Gasteiger partial charge < -0.3 is 27.9 Å². The Morgan fingerprint density at radius 1 is 0.356 bits per heavy atom. The summed E-state index contributed by atoms with van der Waals surface area (Å²) in [5.41, 5.74) is 0. The van der Waals surface area contributed by atoms with Gasteiger partial charge in [0.1, 0.15) is 19.8 Å². The first-order valence-electron chi connectivity index (χ1n) is 39.0. The van der Waals surface area contributed by atoms with Crippen LogP contribution in [0.25, 0.3) is 0 Å². The molecule has 0 radical (unpaired) electrons.